The molecule has 92 valence electrons. The van der Waals surface area contributed by atoms with Crippen LogP contribution in [0.15, 0.2) is 0 Å². The van der Waals surface area contributed by atoms with E-state index in [9.17, 15) is 9.59 Å². The van der Waals surface area contributed by atoms with Crippen LogP contribution in [-0.2, 0) is 9.59 Å². The smallest absolute Gasteiger partial charge is 0.321 e. The fraction of sp³-hybridized carbons (Fsp3) is 0.800. The Balaban J connectivity index is 2.62. The number of aliphatic carboxylic acids is 1. The Bertz CT molecular complexity index is 280. The van der Waals surface area contributed by atoms with E-state index in [1.807, 2.05) is 18.7 Å². The predicted molar refractivity (Wildman–Crippen MR) is 56.9 cm³/mol. The van der Waals surface area contributed by atoms with Crippen LogP contribution >= 0.6 is 0 Å². The summed E-state index contributed by atoms with van der Waals surface area (Å²) in [4.78, 5) is 23.8. The van der Waals surface area contributed by atoms with Gasteiger partial charge in [-0.25, -0.2) is 0 Å². The number of carboxylic acids is 1. The van der Waals surface area contributed by atoms with Gasteiger partial charge in [-0.05, 0) is 20.3 Å². The van der Waals surface area contributed by atoms with Gasteiger partial charge in [0.2, 0.25) is 5.91 Å². The number of carbonyl (C=O) groups is 2. The van der Waals surface area contributed by atoms with Crippen molar-refractivity contribution in [3.8, 4) is 0 Å². The molecule has 0 aliphatic carbocycles. The van der Waals surface area contributed by atoms with Crippen LogP contribution in [-0.4, -0.2) is 58.3 Å². The fourth-order valence-corrected chi connectivity index (χ4v) is 2.05. The first-order valence-electron chi connectivity index (χ1n) is 5.34. The summed E-state index contributed by atoms with van der Waals surface area (Å²) in [7, 11) is 0. The van der Waals surface area contributed by atoms with Crippen molar-refractivity contribution in [3.05, 3.63) is 0 Å². The lowest BCUT2D eigenvalue weighted by molar-refractivity contribution is -0.142. The molecule has 0 aromatic heterocycles. The lowest BCUT2D eigenvalue weighted by atomic mass is 10.1. The quantitative estimate of drug-likeness (QED) is 0.578. The molecule has 6 heteroatoms. The van der Waals surface area contributed by atoms with Gasteiger partial charge in [0.25, 0.3) is 0 Å². The number of hydrogen-bond donors (Lipinski definition) is 3. The molecule has 3 N–H and O–H groups in total. The molecule has 6 nitrogen and oxygen atoms in total. The molecule has 16 heavy (non-hydrogen) atoms. The van der Waals surface area contributed by atoms with E-state index < -0.39 is 24.5 Å². The average molecular weight is 230 g/mol. The van der Waals surface area contributed by atoms with Crippen molar-refractivity contribution >= 4 is 11.9 Å². The number of aliphatic hydroxyl groups excluding tert-OH is 1. The normalized spacial score (nSPS) is 26.0. The molecule has 1 saturated heterocycles. The number of likely N-dealkylation sites (tertiary alicyclic amines) is 1. The molecular formula is C10H18N2O4. The first-order chi connectivity index (χ1) is 7.45. The summed E-state index contributed by atoms with van der Waals surface area (Å²) in [5, 5.41) is 20.2. The summed E-state index contributed by atoms with van der Waals surface area (Å²) in [5.74, 6) is -1.32. The van der Waals surface area contributed by atoms with Crippen LogP contribution in [0.3, 0.4) is 0 Å². The minimum Gasteiger partial charge on any atom is -0.480 e. The van der Waals surface area contributed by atoms with Gasteiger partial charge in [0.05, 0.1) is 0 Å². The van der Waals surface area contributed by atoms with Crippen LogP contribution in [0.25, 0.3) is 0 Å². The van der Waals surface area contributed by atoms with Crippen molar-refractivity contribution < 1.29 is 19.8 Å². The Hall–Kier alpha value is -1.14. The molecular weight excluding hydrogens is 212 g/mol. The number of carboxylic acid groups (broad SMARTS) is 1. The fourth-order valence-electron chi connectivity index (χ4n) is 2.05. The van der Waals surface area contributed by atoms with Crippen molar-refractivity contribution in [3.63, 3.8) is 0 Å². The van der Waals surface area contributed by atoms with E-state index in [0.717, 1.165) is 0 Å². The first kappa shape index (κ1) is 12.9. The maximum atomic E-state index is 11.0. The van der Waals surface area contributed by atoms with E-state index in [1.54, 1.807) is 0 Å². The van der Waals surface area contributed by atoms with Gasteiger partial charge >= 0.3 is 5.97 Å². The summed E-state index contributed by atoms with van der Waals surface area (Å²) in [6.07, 6.45) is 0.388. The highest BCUT2D eigenvalue weighted by atomic mass is 16.4. The Morgan fingerprint density at radius 3 is 2.50 bits per heavy atom. The SMILES string of the molecule is CC(C)N1C[C@H](NC(=O)CO)C[C@H]1C(=O)O. The summed E-state index contributed by atoms with van der Waals surface area (Å²) < 4.78 is 0. The Labute approximate surface area is 94.2 Å². The highest BCUT2D eigenvalue weighted by molar-refractivity contribution is 5.78. The van der Waals surface area contributed by atoms with Crippen molar-refractivity contribution in [2.75, 3.05) is 13.2 Å². The molecule has 1 aliphatic heterocycles. The van der Waals surface area contributed by atoms with E-state index in [1.165, 1.54) is 0 Å². The van der Waals surface area contributed by atoms with Crippen molar-refractivity contribution in [2.45, 2.75) is 38.4 Å². The number of rotatable bonds is 4. The largest absolute Gasteiger partial charge is 0.480 e. The standard InChI is InChI=1S/C10H18N2O4/c1-6(2)12-4-7(11-9(14)5-13)3-8(12)10(15)16/h6-8,13H,3-5H2,1-2H3,(H,11,14)(H,15,16)/t7-,8+/m1/s1. The van der Waals surface area contributed by atoms with Crippen LogP contribution < -0.4 is 5.32 Å². The monoisotopic (exact) mass is 230 g/mol. The number of nitrogens with one attached hydrogen (secondary N) is 1. The molecule has 0 saturated carbocycles. The zero-order chi connectivity index (χ0) is 12.3. The lowest BCUT2D eigenvalue weighted by Crippen LogP contribution is -2.41. The van der Waals surface area contributed by atoms with Crippen LogP contribution in [0.2, 0.25) is 0 Å². The summed E-state index contributed by atoms with van der Waals surface area (Å²) in [6.45, 7) is 3.80. The van der Waals surface area contributed by atoms with E-state index in [0.29, 0.717) is 13.0 Å². The van der Waals surface area contributed by atoms with E-state index in [4.69, 9.17) is 10.2 Å². The zero-order valence-corrected chi connectivity index (χ0v) is 9.51. The van der Waals surface area contributed by atoms with Gasteiger partial charge in [-0.3, -0.25) is 14.5 Å². The second-order valence-electron chi connectivity index (χ2n) is 4.30. The molecule has 0 spiro atoms. The summed E-state index contributed by atoms with van der Waals surface area (Å²) in [5.41, 5.74) is 0. The predicted octanol–water partition coefficient (Wildman–Crippen LogP) is -0.969. The number of aliphatic hydroxyl groups is 1. The maximum Gasteiger partial charge on any atom is 0.321 e. The minimum absolute atomic E-state index is 0.122. The van der Waals surface area contributed by atoms with Gasteiger partial charge in [0.15, 0.2) is 0 Å². The van der Waals surface area contributed by atoms with Gasteiger partial charge in [-0.15, -0.1) is 0 Å². The van der Waals surface area contributed by atoms with E-state index in [-0.39, 0.29) is 12.1 Å². The van der Waals surface area contributed by atoms with Gasteiger partial charge < -0.3 is 15.5 Å². The van der Waals surface area contributed by atoms with Crippen LogP contribution in [0, 0.1) is 0 Å². The minimum atomic E-state index is -0.866. The topological polar surface area (TPSA) is 89.9 Å². The Kier molecular flexibility index (Phi) is 4.26. The third-order valence-corrected chi connectivity index (χ3v) is 2.80. The number of hydrogen-bond acceptors (Lipinski definition) is 4. The molecule has 2 atom stereocenters. The number of nitrogens with zero attached hydrogens (tertiary/aromatic N) is 1. The Morgan fingerprint density at radius 2 is 2.12 bits per heavy atom. The van der Waals surface area contributed by atoms with Crippen molar-refractivity contribution in [1.29, 1.82) is 0 Å². The highest BCUT2D eigenvalue weighted by Gasteiger charge is 2.38. The molecule has 0 aromatic carbocycles. The van der Waals surface area contributed by atoms with Gasteiger partial charge in [0, 0.05) is 18.6 Å². The number of carbonyl (C=O) groups excluding carboxylic acids is 1. The van der Waals surface area contributed by atoms with E-state index in [2.05, 4.69) is 5.32 Å². The third kappa shape index (κ3) is 2.93. The number of amides is 1. The van der Waals surface area contributed by atoms with E-state index >= 15 is 0 Å². The second-order valence-corrected chi connectivity index (χ2v) is 4.30. The van der Waals surface area contributed by atoms with Gasteiger partial charge in [0.1, 0.15) is 12.6 Å². The Morgan fingerprint density at radius 1 is 1.50 bits per heavy atom. The summed E-state index contributed by atoms with van der Waals surface area (Å²) in [6, 6.07) is -0.621. The van der Waals surface area contributed by atoms with Crippen LogP contribution in [0.5, 0.6) is 0 Å². The molecule has 0 bridgehead atoms. The zero-order valence-electron chi connectivity index (χ0n) is 9.51. The van der Waals surface area contributed by atoms with Crippen molar-refractivity contribution in [2.24, 2.45) is 0 Å². The lowest BCUT2D eigenvalue weighted by Gasteiger charge is -2.24. The highest BCUT2D eigenvalue weighted by Crippen LogP contribution is 2.20. The van der Waals surface area contributed by atoms with Gasteiger partial charge in [-0.2, -0.15) is 0 Å². The second kappa shape index (κ2) is 5.27. The van der Waals surface area contributed by atoms with Crippen LogP contribution in [0.4, 0.5) is 0 Å². The average Bonchev–Trinajstić information content (AvgIpc) is 2.61. The third-order valence-electron chi connectivity index (χ3n) is 2.80. The van der Waals surface area contributed by atoms with Crippen molar-refractivity contribution in [1.82, 2.24) is 10.2 Å². The van der Waals surface area contributed by atoms with Gasteiger partial charge in [-0.1, -0.05) is 0 Å². The maximum absolute atomic E-state index is 11.0. The molecule has 1 rings (SSSR count). The molecule has 1 heterocycles. The molecule has 0 unspecified atom stereocenters. The first-order valence-corrected chi connectivity index (χ1v) is 5.34. The molecule has 0 radical (unpaired) electrons. The molecule has 0 aromatic rings. The molecule has 1 amide bonds. The molecule has 1 aliphatic rings. The van der Waals surface area contributed by atoms with Crippen LogP contribution in [0.1, 0.15) is 20.3 Å². The summed E-state index contributed by atoms with van der Waals surface area (Å²) >= 11 is 0. The molecule has 1 fully saturated rings.